The number of carbonyl (C=O) groups is 1. The lowest BCUT2D eigenvalue weighted by atomic mass is 10.0. The summed E-state index contributed by atoms with van der Waals surface area (Å²) >= 11 is 12.1. The molecule has 104 valence electrons. The Morgan fingerprint density at radius 3 is 2.85 bits per heavy atom. The van der Waals surface area contributed by atoms with Crippen molar-refractivity contribution >= 4 is 34.8 Å². The lowest BCUT2D eigenvalue weighted by molar-refractivity contribution is -0.118. The van der Waals surface area contributed by atoms with Crippen molar-refractivity contribution in [2.24, 2.45) is 0 Å². The molecular formula is C13H12Cl2N4O. The van der Waals surface area contributed by atoms with Gasteiger partial charge in [0.1, 0.15) is 0 Å². The highest BCUT2D eigenvalue weighted by molar-refractivity contribution is 6.39. The molecule has 2 aromatic rings. The van der Waals surface area contributed by atoms with Crippen LogP contribution in [-0.2, 0) is 17.8 Å². The molecule has 2 heterocycles. The molecular weight excluding hydrogens is 299 g/mol. The smallest absolute Gasteiger partial charge is 0.242 e. The van der Waals surface area contributed by atoms with Gasteiger partial charge in [0.05, 0.1) is 39.5 Å². The normalized spacial score (nSPS) is 17.6. The van der Waals surface area contributed by atoms with Crippen molar-refractivity contribution in [3.05, 3.63) is 46.0 Å². The van der Waals surface area contributed by atoms with Crippen molar-refractivity contribution in [2.75, 3.05) is 5.32 Å². The Hall–Kier alpha value is -1.56. The molecule has 0 spiro atoms. The first-order valence-corrected chi connectivity index (χ1v) is 6.90. The number of rotatable bonds is 2. The standard InChI is InChI=1S/C13H12Cl2N4O/c14-7-2-1-3-8(15)12(7)19-13(20)10-4-9-11(5-16-10)18-6-17-9/h1-3,6,10,16H,4-5H2,(H,17,18)(H,19,20). The zero-order chi connectivity index (χ0) is 14.1. The molecule has 0 radical (unpaired) electrons. The maximum atomic E-state index is 12.3. The number of benzene rings is 1. The quantitative estimate of drug-likeness (QED) is 0.797. The van der Waals surface area contributed by atoms with Gasteiger partial charge >= 0.3 is 0 Å². The number of halogens is 2. The molecule has 0 saturated heterocycles. The molecule has 3 rings (SSSR count). The van der Waals surface area contributed by atoms with Crippen LogP contribution in [0.15, 0.2) is 24.5 Å². The van der Waals surface area contributed by atoms with Gasteiger partial charge in [-0.15, -0.1) is 0 Å². The fourth-order valence-corrected chi connectivity index (χ4v) is 2.67. The minimum Gasteiger partial charge on any atom is -0.347 e. The monoisotopic (exact) mass is 310 g/mol. The van der Waals surface area contributed by atoms with Gasteiger partial charge in [-0.2, -0.15) is 0 Å². The number of fused-ring (bicyclic) bond motifs is 1. The number of H-pyrrole nitrogens is 1. The molecule has 0 aliphatic carbocycles. The van der Waals surface area contributed by atoms with E-state index in [1.807, 2.05) is 0 Å². The zero-order valence-electron chi connectivity index (χ0n) is 10.4. The van der Waals surface area contributed by atoms with E-state index in [0.717, 1.165) is 11.4 Å². The number of hydrogen-bond acceptors (Lipinski definition) is 3. The van der Waals surface area contributed by atoms with E-state index in [4.69, 9.17) is 23.2 Å². The van der Waals surface area contributed by atoms with E-state index in [0.29, 0.717) is 28.7 Å². The van der Waals surface area contributed by atoms with Crippen LogP contribution in [0.25, 0.3) is 0 Å². The first-order valence-electron chi connectivity index (χ1n) is 6.14. The molecule has 0 fully saturated rings. The van der Waals surface area contributed by atoms with Crippen molar-refractivity contribution < 1.29 is 4.79 Å². The highest BCUT2D eigenvalue weighted by Gasteiger charge is 2.26. The van der Waals surface area contributed by atoms with E-state index < -0.39 is 0 Å². The molecule has 1 aromatic heterocycles. The number of nitrogens with one attached hydrogen (secondary N) is 3. The summed E-state index contributed by atoms with van der Waals surface area (Å²) in [5.41, 5.74) is 2.37. The van der Waals surface area contributed by atoms with Crippen molar-refractivity contribution in [3.8, 4) is 0 Å². The fraction of sp³-hybridized carbons (Fsp3) is 0.231. The van der Waals surface area contributed by atoms with Gasteiger partial charge in [0, 0.05) is 13.0 Å². The van der Waals surface area contributed by atoms with Crippen molar-refractivity contribution in [3.63, 3.8) is 0 Å². The first-order chi connectivity index (χ1) is 9.65. The Morgan fingerprint density at radius 2 is 2.10 bits per heavy atom. The van der Waals surface area contributed by atoms with E-state index >= 15 is 0 Å². The predicted octanol–water partition coefficient (Wildman–Crippen LogP) is 2.37. The number of carbonyl (C=O) groups excluding carboxylic acids is 1. The molecule has 1 amide bonds. The van der Waals surface area contributed by atoms with Crippen molar-refractivity contribution in [1.29, 1.82) is 0 Å². The second-order valence-electron chi connectivity index (χ2n) is 4.55. The Balaban J connectivity index is 1.75. The van der Waals surface area contributed by atoms with Crippen molar-refractivity contribution in [2.45, 2.75) is 19.0 Å². The highest BCUT2D eigenvalue weighted by Crippen LogP contribution is 2.30. The molecule has 1 aliphatic rings. The molecule has 0 bridgehead atoms. The molecule has 20 heavy (non-hydrogen) atoms. The van der Waals surface area contributed by atoms with Gasteiger partial charge in [0.25, 0.3) is 0 Å². The average molecular weight is 311 g/mol. The zero-order valence-corrected chi connectivity index (χ0v) is 11.9. The Bertz CT molecular complexity index is 635. The summed E-state index contributed by atoms with van der Waals surface area (Å²) in [7, 11) is 0. The number of amides is 1. The third-order valence-electron chi connectivity index (χ3n) is 3.26. The Labute approximate surface area is 125 Å². The summed E-state index contributed by atoms with van der Waals surface area (Å²) in [6.45, 7) is 0.587. The van der Waals surface area contributed by atoms with Crippen LogP contribution in [0.3, 0.4) is 0 Å². The van der Waals surface area contributed by atoms with Gasteiger partial charge < -0.3 is 10.3 Å². The number of hydrogen-bond donors (Lipinski definition) is 3. The van der Waals surface area contributed by atoms with E-state index in [2.05, 4.69) is 20.6 Å². The Kier molecular flexibility index (Phi) is 3.65. The summed E-state index contributed by atoms with van der Waals surface area (Å²) in [6.07, 6.45) is 2.17. The summed E-state index contributed by atoms with van der Waals surface area (Å²) in [5.74, 6) is -0.173. The maximum absolute atomic E-state index is 12.3. The molecule has 1 atom stereocenters. The molecule has 5 nitrogen and oxygen atoms in total. The van der Waals surface area contributed by atoms with Crippen LogP contribution in [-0.4, -0.2) is 21.9 Å². The minimum atomic E-state index is -0.349. The van der Waals surface area contributed by atoms with Crippen LogP contribution >= 0.6 is 23.2 Å². The molecule has 1 aromatic carbocycles. The fourth-order valence-electron chi connectivity index (χ4n) is 2.18. The largest absolute Gasteiger partial charge is 0.347 e. The molecule has 1 aliphatic heterocycles. The van der Waals surface area contributed by atoms with Gasteiger partial charge in [0.15, 0.2) is 0 Å². The molecule has 3 N–H and O–H groups in total. The van der Waals surface area contributed by atoms with Crippen LogP contribution in [0.4, 0.5) is 5.69 Å². The number of para-hydroxylation sites is 1. The van der Waals surface area contributed by atoms with Gasteiger partial charge in [-0.25, -0.2) is 4.98 Å². The predicted molar refractivity (Wildman–Crippen MR) is 78.0 cm³/mol. The number of anilines is 1. The number of imidazole rings is 1. The summed E-state index contributed by atoms with van der Waals surface area (Å²) in [5, 5.41) is 6.76. The second-order valence-corrected chi connectivity index (χ2v) is 5.37. The van der Waals surface area contributed by atoms with Crippen LogP contribution in [0.2, 0.25) is 10.0 Å². The van der Waals surface area contributed by atoms with Crippen LogP contribution in [0.5, 0.6) is 0 Å². The third-order valence-corrected chi connectivity index (χ3v) is 3.89. The maximum Gasteiger partial charge on any atom is 0.242 e. The third kappa shape index (κ3) is 2.52. The molecule has 7 heteroatoms. The summed E-state index contributed by atoms with van der Waals surface area (Å²) < 4.78 is 0. The van der Waals surface area contributed by atoms with Crippen LogP contribution < -0.4 is 10.6 Å². The van der Waals surface area contributed by atoms with Gasteiger partial charge in [-0.1, -0.05) is 29.3 Å². The van der Waals surface area contributed by atoms with E-state index in [9.17, 15) is 4.79 Å². The highest BCUT2D eigenvalue weighted by atomic mass is 35.5. The van der Waals surface area contributed by atoms with Crippen molar-refractivity contribution in [1.82, 2.24) is 15.3 Å². The van der Waals surface area contributed by atoms with Crippen LogP contribution in [0.1, 0.15) is 11.4 Å². The number of aromatic nitrogens is 2. The lowest BCUT2D eigenvalue weighted by Gasteiger charge is -2.22. The summed E-state index contributed by atoms with van der Waals surface area (Å²) in [6, 6.07) is 4.75. The number of nitrogens with zero attached hydrogens (tertiary/aromatic N) is 1. The SMILES string of the molecule is O=C(Nc1c(Cl)cccc1Cl)C1Cc2nc[nH]c2CN1. The van der Waals surface area contributed by atoms with Gasteiger partial charge in [0.2, 0.25) is 5.91 Å². The van der Waals surface area contributed by atoms with E-state index in [1.165, 1.54) is 0 Å². The van der Waals surface area contributed by atoms with E-state index in [-0.39, 0.29) is 11.9 Å². The Morgan fingerprint density at radius 1 is 1.35 bits per heavy atom. The second kappa shape index (κ2) is 5.44. The lowest BCUT2D eigenvalue weighted by Crippen LogP contribution is -2.44. The number of aromatic amines is 1. The summed E-state index contributed by atoms with van der Waals surface area (Å²) in [4.78, 5) is 19.5. The first kappa shape index (κ1) is 13.4. The topological polar surface area (TPSA) is 69.8 Å². The molecule has 1 unspecified atom stereocenters. The van der Waals surface area contributed by atoms with Gasteiger partial charge in [-0.3, -0.25) is 10.1 Å². The average Bonchev–Trinajstić information content (AvgIpc) is 2.90. The molecule has 0 saturated carbocycles. The minimum absolute atomic E-state index is 0.173. The van der Waals surface area contributed by atoms with E-state index in [1.54, 1.807) is 24.5 Å². The van der Waals surface area contributed by atoms with Crippen LogP contribution in [0, 0.1) is 0 Å². The van der Waals surface area contributed by atoms with Gasteiger partial charge in [-0.05, 0) is 12.1 Å².